The predicted molar refractivity (Wildman–Crippen MR) is 83.4 cm³/mol. The molecule has 0 radical (unpaired) electrons. The van der Waals surface area contributed by atoms with Gasteiger partial charge in [-0.25, -0.2) is 4.79 Å². The third-order valence-electron chi connectivity index (χ3n) is 3.46. The first-order valence-corrected chi connectivity index (χ1v) is 7.62. The Hall–Kier alpha value is -2.61. The molecule has 6 nitrogen and oxygen atoms in total. The van der Waals surface area contributed by atoms with Crippen molar-refractivity contribution in [3.05, 3.63) is 39.2 Å². The molecular weight excluding hydrogens is 441 g/mol. The molecule has 0 aromatic heterocycles. The maximum atomic E-state index is 13.5. The van der Waals surface area contributed by atoms with Crippen molar-refractivity contribution < 1.29 is 35.9 Å². The number of ether oxygens (including phenoxy) is 1. The molecule has 1 aromatic rings. The van der Waals surface area contributed by atoms with Crippen LogP contribution in [0.4, 0.5) is 32.0 Å². The Morgan fingerprint density at radius 1 is 1.18 bits per heavy atom. The van der Waals surface area contributed by atoms with E-state index < -0.39 is 51.1 Å². The first-order valence-electron chi connectivity index (χ1n) is 6.86. The maximum Gasteiger partial charge on any atom is 0.417 e. The molecule has 0 saturated heterocycles. The monoisotopic (exact) mass is 446 g/mol. The number of methoxy groups -OCH3 is 1. The summed E-state index contributed by atoms with van der Waals surface area (Å²) >= 11 is 11.7. The number of nitrogens with zero attached hydrogens (tertiary/aromatic N) is 4. The van der Waals surface area contributed by atoms with Gasteiger partial charge in [0.05, 0.1) is 22.7 Å². The SMILES string of the molecule is COC1=C(C#N)C(C(F)(F)F)N(N=C=O)N1c1c(Cl)cc(C(F)(F)F)cc1Cl. The van der Waals surface area contributed by atoms with Gasteiger partial charge in [-0.3, -0.25) is 0 Å². The summed E-state index contributed by atoms with van der Waals surface area (Å²) in [5.41, 5.74) is -2.92. The van der Waals surface area contributed by atoms with E-state index in [9.17, 15) is 31.1 Å². The molecule has 2 rings (SSSR count). The summed E-state index contributed by atoms with van der Waals surface area (Å²) in [4.78, 5) is 10.7. The minimum Gasteiger partial charge on any atom is -0.480 e. The van der Waals surface area contributed by atoms with Crippen LogP contribution in [0.2, 0.25) is 10.0 Å². The number of carbonyl (C=O) groups excluding carboxylic acids is 1. The first kappa shape index (κ1) is 21.7. The quantitative estimate of drug-likeness (QED) is 0.385. The Bertz CT molecular complexity index is 895. The van der Waals surface area contributed by atoms with Gasteiger partial charge in [-0.1, -0.05) is 28.3 Å². The highest BCUT2D eigenvalue weighted by Crippen LogP contribution is 2.47. The summed E-state index contributed by atoms with van der Waals surface area (Å²) < 4.78 is 83.9. The summed E-state index contributed by atoms with van der Waals surface area (Å²) in [5, 5.41) is 10.9. The van der Waals surface area contributed by atoms with Crippen molar-refractivity contribution in [2.75, 3.05) is 12.1 Å². The molecule has 1 aliphatic rings. The minimum absolute atomic E-state index is 0.0509. The van der Waals surface area contributed by atoms with E-state index in [1.165, 1.54) is 6.07 Å². The smallest absolute Gasteiger partial charge is 0.417 e. The number of hydrazone groups is 1. The van der Waals surface area contributed by atoms with Crippen LogP contribution in [0.1, 0.15) is 5.56 Å². The van der Waals surface area contributed by atoms with Crippen LogP contribution in [0.15, 0.2) is 28.7 Å². The van der Waals surface area contributed by atoms with Crippen LogP contribution < -0.4 is 5.01 Å². The van der Waals surface area contributed by atoms with Crippen LogP contribution in [0.5, 0.6) is 0 Å². The highest BCUT2D eigenvalue weighted by molar-refractivity contribution is 6.39. The molecule has 0 aliphatic carbocycles. The lowest BCUT2D eigenvalue weighted by molar-refractivity contribution is -0.169. The molecule has 14 heteroatoms. The fourth-order valence-electron chi connectivity index (χ4n) is 2.43. The Morgan fingerprint density at radius 3 is 2.07 bits per heavy atom. The van der Waals surface area contributed by atoms with Gasteiger partial charge < -0.3 is 4.74 Å². The van der Waals surface area contributed by atoms with Crippen molar-refractivity contribution in [1.82, 2.24) is 5.12 Å². The number of hydrogen-bond acceptors (Lipinski definition) is 6. The highest BCUT2D eigenvalue weighted by Gasteiger charge is 2.56. The normalized spacial score (nSPS) is 17.5. The summed E-state index contributed by atoms with van der Waals surface area (Å²) in [6, 6.07) is -0.692. The first-order chi connectivity index (χ1) is 12.9. The Balaban J connectivity index is 2.80. The van der Waals surface area contributed by atoms with Crippen LogP contribution in [-0.4, -0.2) is 30.5 Å². The summed E-state index contributed by atoms with van der Waals surface area (Å²) in [6.07, 6.45) is -9.10. The van der Waals surface area contributed by atoms with E-state index in [0.717, 1.165) is 13.2 Å². The Kier molecular flexibility index (Phi) is 5.75. The molecule has 1 aliphatic heterocycles. The fraction of sp³-hybridized carbons (Fsp3) is 0.286. The van der Waals surface area contributed by atoms with E-state index in [0.29, 0.717) is 17.1 Å². The van der Waals surface area contributed by atoms with Gasteiger partial charge in [0.25, 0.3) is 6.08 Å². The van der Waals surface area contributed by atoms with Crippen LogP contribution in [0.3, 0.4) is 0 Å². The molecule has 1 unspecified atom stereocenters. The zero-order valence-electron chi connectivity index (χ0n) is 13.4. The summed E-state index contributed by atoms with van der Waals surface area (Å²) in [7, 11) is 0.896. The molecule has 0 saturated carbocycles. The number of hydrazine groups is 1. The van der Waals surface area contributed by atoms with E-state index in [1.54, 1.807) is 0 Å². The highest BCUT2D eigenvalue weighted by atomic mass is 35.5. The molecule has 0 N–H and O–H groups in total. The standard InChI is InChI=1S/C14H6Cl2F6N4O2/c1-28-12-7(4-23)11(14(20,21)22)26(24-5-27)25(12)10-8(15)2-6(3-9(10)16)13(17,18)19/h2-3,11H,1H3. The third kappa shape index (κ3) is 3.69. The van der Waals surface area contributed by atoms with E-state index in [4.69, 9.17) is 33.2 Å². The zero-order chi connectivity index (χ0) is 21.4. The molecule has 0 fully saturated rings. The van der Waals surface area contributed by atoms with Gasteiger partial charge in [0.1, 0.15) is 17.3 Å². The minimum atomic E-state index is -5.13. The molecule has 150 valence electrons. The number of hydrogen-bond donors (Lipinski definition) is 0. The second-order valence-corrected chi connectivity index (χ2v) is 5.90. The van der Waals surface area contributed by atoms with Crippen molar-refractivity contribution in [3.63, 3.8) is 0 Å². The molecule has 0 amide bonds. The lowest BCUT2D eigenvalue weighted by Crippen LogP contribution is -2.46. The lowest BCUT2D eigenvalue weighted by Gasteiger charge is -2.32. The van der Waals surface area contributed by atoms with Crippen molar-refractivity contribution >= 4 is 35.0 Å². The van der Waals surface area contributed by atoms with Crippen LogP contribution in [0, 0.1) is 11.3 Å². The summed E-state index contributed by atoms with van der Waals surface area (Å²) in [5.74, 6) is -0.785. The molecule has 1 atom stereocenters. The van der Waals surface area contributed by atoms with Gasteiger partial charge in [-0.2, -0.15) is 41.7 Å². The van der Waals surface area contributed by atoms with Crippen LogP contribution >= 0.6 is 23.2 Å². The third-order valence-corrected chi connectivity index (χ3v) is 4.03. The second-order valence-electron chi connectivity index (χ2n) is 5.09. The predicted octanol–water partition coefficient (Wildman–Crippen LogP) is 4.61. The van der Waals surface area contributed by atoms with Crippen molar-refractivity contribution in [2.45, 2.75) is 18.4 Å². The van der Waals surface area contributed by atoms with Gasteiger partial charge in [0.2, 0.25) is 11.9 Å². The Morgan fingerprint density at radius 2 is 1.71 bits per heavy atom. The van der Waals surface area contributed by atoms with Gasteiger partial charge in [0.15, 0.2) is 0 Å². The second kappa shape index (κ2) is 7.43. The zero-order valence-corrected chi connectivity index (χ0v) is 14.9. The number of isocyanates is 1. The van der Waals surface area contributed by atoms with Crippen LogP contribution in [0.25, 0.3) is 0 Å². The Labute approximate surface area is 162 Å². The fourth-order valence-corrected chi connectivity index (χ4v) is 3.08. The maximum absolute atomic E-state index is 13.5. The number of halogens is 8. The van der Waals surface area contributed by atoms with E-state index in [1.807, 2.05) is 0 Å². The number of alkyl halides is 6. The average Bonchev–Trinajstić information content (AvgIpc) is 2.87. The topological polar surface area (TPSA) is 68.9 Å². The molecular formula is C14H6Cl2F6N4O2. The molecule has 1 heterocycles. The molecule has 0 bridgehead atoms. The summed E-state index contributed by atoms with van der Waals surface area (Å²) in [6.45, 7) is 0. The van der Waals surface area contributed by atoms with E-state index in [2.05, 4.69) is 5.10 Å². The van der Waals surface area contributed by atoms with Gasteiger partial charge in [-0.15, -0.1) is 0 Å². The van der Waals surface area contributed by atoms with E-state index in [-0.39, 0.29) is 5.12 Å². The number of nitriles is 1. The number of anilines is 1. The molecule has 28 heavy (non-hydrogen) atoms. The van der Waals surface area contributed by atoms with Crippen molar-refractivity contribution in [3.8, 4) is 6.07 Å². The van der Waals surface area contributed by atoms with E-state index >= 15 is 0 Å². The number of benzene rings is 1. The molecule has 1 aromatic carbocycles. The van der Waals surface area contributed by atoms with Crippen molar-refractivity contribution in [2.24, 2.45) is 5.10 Å². The number of rotatable bonds is 3. The average molecular weight is 447 g/mol. The van der Waals surface area contributed by atoms with Gasteiger partial charge >= 0.3 is 12.4 Å². The molecule has 0 spiro atoms. The largest absolute Gasteiger partial charge is 0.480 e. The van der Waals surface area contributed by atoms with Gasteiger partial charge in [0, 0.05) is 0 Å². The van der Waals surface area contributed by atoms with Crippen LogP contribution in [-0.2, 0) is 15.7 Å². The lowest BCUT2D eigenvalue weighted by atomic mass is 10.1. The van der Waals surface area contributed by atoms with Crippen molar-refractivity contribution in [1.29, 1.82) is 5.26 Å². The van der Waals surface area contributed by atoms with Gasteiger partial charge in [-0.05, 0) is 12.1 Å².